The number of aliphatic imine (C=N–C) groups is 1. The van der Waals surface area contributed by atoms with Gasteiger partial charge in [-0.1, -0.05) is 13.8 Å². The first-order valence-electron chi connectivity index (χ1n) is 9.28. The number of hydrogen-bond acceptors (Lipinski definition) is 4. The highest BCUT2D eigenvalue weighted by Crippen LogP contribution is 2.52. The lowest BCUT2D eigenvalue weighted by atomic mass is 9.57. The van der Waals surface area contributed by atoms with E-state index in [4.69, 9.17) is 9.47 Å². The summed E-state index contributed by atoms with van der Waals surface area (Å²) < 4.78 is 11.1. The third kappa shape index (κ3) is 5.00. The Morgan fingerprint density at radius 2 is 2.04 bits per heavy atom. The van der Waals surface area contributed by atoms with Crippen molar-refractivity contribution in [2.45, 2.75) is 65.7 Å². The minimum absolute atomic E-state index is 0.103. The van der Waals surface area contributed by atoms with E-state index in [0.717, 1.165) is 25.5 Å². The van der Waals surface area contributed by atoms with Crippen LogP contribution in [0.25, 0.3) is 0 Å². The van der Waals surface area contributed by atoms with Crippen LogP contribution in [0.4, 0.5) is 4.79 Å². The third-order valence-electron chi connectivity index (χ3n) is 4.79. The van der Waals surface area contributed by atoms with Gasteiger partial charge in [-0.15, -0.1) is 0 Å². The minimum atomic E-state index is -0.487. The molecule has 0 radical (unpaired) electrons. The van der Waals surface area contributed by atoms with E-state index in [1.54, 1.807) is 0 Å². The number of guanidine groups is 1. The van der Waals surface area contributed by atoms with Gasteiger partial charge in [-0.25, -0.2) is 4.79 Å². The van der Waals surface area contributed by atoms with Crippen molar-refractivity contribution in [2.24, 2.45) is 16.3 Å². The zero-order chi connectivity index (χ0) is 18.7. The van der Waals surface area contributed by atoms with E-state index in [9.17, 15) is 4.79 Å². The standard InChI is InChI=1S/C18H34N4O3/c1-7-19-15(20-9-10-21-16(23)25-17(2,3)4)22-13-12-8-11-24-14(12)18(13,5)6/h12-14H,7-11H2,1-6H3,(H,21,23)(H2,19,20,22). The van der Waals surface area contributed by atoms with Gasteiger partial charge in [-0.2, -0.15) is 0 Å². The van der Waals surface area contributed by atoms with Gasteiger partial charge < -0.3 is 25.4 Å². The fourth-order valence-electron chi connectivity index (χ4n) is 3.72. The summed E-state index contributed by atoms with van der Waals surface area (Å²) in [6.45, 7) is 14.6. The Labute approximate surface area is 151 Å². The Bertz CT molecular complexity index is 499. The van der Waals surface area contributed by atoms with E-state index in [0.29, 0.717) is 31.2 Å². The molecule has 0 aromatic carbocycles. The molecule has 1 saturated heterocycles. The first-order valence-corrected chi connectivity index (χ1v) is 9.28. The highest BCUT2D eigenvalue weighted by atomic mass is 16.6. The van der Waals surface area contributed by atoms with Crippen LogP contribution in [0.15, 0.2) is 4.99 Å². The molecule has 0 aromatic rings. The molecule has 144 valence electrons. The lowest BCUT2D eigenvalue weighted by Gasteiger charge is -2.54. The van der Waals surface area contributed by atoms with Crippen LogP contribution in [0.1, 0.15) is 48.0 Å². The van der Waals surface area contributed by atoms with Gasteiger partial charge in [0, 0.05) is 37.1 Å². The maximum absolute atomic E-state index is 11.6. The van der Waals surface area contributed by atoms with Crippen molar-refractivity contribution in [3.63, 3.8) is 0 Å². The molecule has 2 aliphatic rings. The molecule has 1 heterocycles. The van der Waals surface area contributed by atoms with E-state index >= 15 is 0 Å². The quantitative estimate of drug-likeness (QED) is 0.399. The molecule has 0 spiro atoms. The lowest BCUT2D eigenvalue weighted by molar-refractivity contribution is -0.106. The Balaban J connectivity index is 1.82. The van der Waals surface area contributed by atoms with Gasteiger partial charge in [0.15, 0.2) is 5.96 Å². The summed E-state index contributed by atoms with van der Waals surface area (Å²) in [5, 5.41) is 9.56. The van der Waals surface area contributed by atoms with Crippen LogP contribution in [0.3, 0.4) is 0 Å². The molecule has 2 fully saturated rings. The SMILES string of the molecule is CCNC(=NCCNC(=O)OC(C)(C)C)NC1C2CCOC2C1(C)C. The van der Waals surface area contributed by atoms with Gasteiger partial charge in [-0.3, -0.25) is 4.99 Å². The van der Waals surface area contributed by atoms with Gasteiger partial charge >= 0.3 is 6.09 Å². The summed E-state index contributed by atoms with van der Waals surface area (Å²) >= 11 is 0. The Morgan fingerprint density at radius 1 is 1.32 bits per heavy atom. The van der Waals surface area contributed by atoms with Crippen LogP contribution in [-0.2, 0) is 9.47 Å². The van der Waals surface area contributed by atoms with Crippen molar-refractivity contribution in [3.8, 4) is 0 Å². The smallest absolute Gasteiger partial charge is 0.407 e. The molecule has 3 unspecified atom stereocenters. The second kappa shape index (κ2) is 7.81. The number of nitrogens with zero attached hydrogens (tertiary/aromatic N) is 1. The summed E-state index contributed by atoms with van der Waals surface area (Å²) in [6, 6.07) is 0.358. The van der Waals surface area contributed by atoms with E-state index in [2.05, 4.69) is 34.8 Å². The van der Waals surface area contributed by atoms with Crippen molar-refractivity contribution >= 4 is 12.1 Å². The van der Waals surface area contributed by atoms with Crippen molar-refractivity contribution < 1.29 is 14.3 Å². The number of ether oxygens (including phenoxy) is 2. The number of hydrogen-bond donors (Lipinski definition) is 3. The molecule has 3 N–H and O–H groups in total. The van der Waals surface area contributed by atoms with Crippen LogP contribution in [-0.4, -0.2) is 56.0 Å². The highest BCUT2D eigenvalue weighted by Gasteiger charge is 2.59. The third-order valence-corrected chi connectivity index (χ3v) is 4.79. The molecule has 0 aromatic heterocycles. The summed E-state index contributed by atoms with van der Waals surface area (Å²) in [6.07, 6.45) is 1.04. The number of amides is 1. The van der Waals surface area contributed by atoms with Crippen LogP contribution < -0.4 is 16.0 Å². The van der Waals surface area contributed by atoms with Crippen LogP contribution in [0, 0.1) is 11.3 Å². The minimum Gasteiger partial charge on any atom is -0.444 e. The molecule has 25 heavy (non-hydrogen) atoms. The molecule has 1 amide bonds. The normalized spacial score (nSPS) is 27.9. The van der Waals surface area contributed by atoms with E-state index in [-0.39, 0.29) is 5.41 Å². The molecule has 1 aliphatic heterocycles. The van der Waals surface area contributed by atoms with Crippen molar-refractivity contribution in [1.29, 1.82) is 0 Å². The predicted molar refractivity (Wildman–Crippen MR) is 98.8 cm³/mol. The Morgan fingerprint density at radius 3 is 2.68 bits per heavy atom. The van der Waals surface area contributed by atoms with Gasteiger partial charge in [0.1, 0.15) is 5.60 Å². The van der Waals surface area contributed by atoms with E-state index in [1.807, 2.05) is 27.7 Å². The highest BCUT2D eigenvalue weighted by molar-refractivity contribution is 5.80. The van der Waals surface area contributed by atoms with Crippen molar-refractivity contribution in [3.05, 3.63) is 0 Å². The van der Waals surface area contributed by atoms with Gasteiger partial charge in [-0.05, 0) is 34.1 Å². The van der Waals surface area contributed by atoms with Gasteiger partial charge in [0.2, 0.25) is 0 Å². The maximum atomic E-state index is 11.6. The number of carbonyl (C=O) groups excluding carboxylic acids is 1. The zero-order valence-corrected chi connectivity index (χ0v) is 16.4. The molecule has 1 aliphatic carbocycles. The number of fused-ring (bicyclic) bond motifs is 1. The molecular weight excluding hydrogens is 320 g/mol. The van der Waals surface area contributed by atoms with Gasteiger partial charge in [0.25, 0.3) is 0 Å². The second-order valence-electron chi connectivity index (χ2n) is 8.38. The van der Waals surface area contributed by atoms with E-state index in [1.165, 1.54) is 0 Å². The summed E-state index contributed by atoms with van der Waals surface area (Å²) in [5.41, 5.74) is -0.383. The molecule has 1 saturated carbocycles. The largest absolute Gasteiger partial charge is 0.444 e. The van der Waals surface area contributed by atoms with Crippen LogP contribution in [0.5, 0.6) is 0 Å². The van der Waals surface area contributed by atoms with Crippen LogP contribution >= 0.6 is 0 Å². The molecular formula is C18H34N4O3. The zero-order valence-electron chi connectivity index (χ0n) is 16.4. The van der Waals surface area contributed by atoms with Crippen molar-refractivity contribution in [1.82, 2.24) is 16.0 Å². The summed E-state index contributed by atoms with van der Waals surface area (Å²) in [4.78, 5) is 16.2. The average molecular weight is 354 g/mol. The summed E-state index contributed by atoms with van der Waals surface area (Å²) in [7, 11) is 0. The second-order valence-corrected chi connectivity index (χ2v) is 8.38. The fourth-order valence-corrected chi connectivity index (χ4v) is 3.72. The van der Waals surface area contributed by atoms with E-state index < -0.39 is 11.7 Å². The monoisotopic (exact) mass is 354 g/mol. The van der Waals surface area contributed by atoms with Gasteiger partial charge in [0.05, 0.1) is 12.6 Å². The Kier molecular flexibility index (Phi) is 6.19. The lowest BCUT2D eigenvalue weighted by Crippen LogP contribution is -2.68. The van der Waals surface area contributed by atoms with Crippen LogP contribution in [0.2, 0.25) is 0 Å². The number of nitrogens with one attached hydrogen (secondary N) is 3. The summed E-state index contributed by atoms with van der Waals surface area (Å²) in [5.74, 6) is 1.34. The predicted octanol–water partition coefficient (Wildman–Crippen LogP) is 1.88. The fraction of sp³-hybridized carbons (Fsp3) is 0.889. The average Bonchev–Trinajstić information content (AvgIpc) is 2.94. The topological polar surface area (TPSA) is 84.0 Å². The number of alkyl carbamates (subject to hydrolysis) is 1. The Hall–Kier alpha value is -1.50. The molecule has 2 rings (SSSR count). The number of carbonyl (C=O) groups is 1. The first-order chi connectivity index (χ1) is 11.6. The molecule has 0 bridgehead atoms. The molecule has 7 nitrogen and oxygen atoms in total. The maximum Gasteiger partial charge on any atom is 0.407 e. The first kappa shape index (κ1) is 19.8. The number of rotatable bonds is 5. The van der Waals surface area contributed by atoms with Crippen molar-refractivity contribution in [2.75, 3.05) is 26.2 Å². The molecule has 3 atom stereocenters. The molecule has 7 heteroatoms.